The molecule has 5 rings (SSSR count). The quantitative estimate of drug-likeness (QED) is 0.374. The third-order valence-corrected chi connectivity index (χ3v) is 7.28. The first kappa shape index (κ1) is 22.0. The highest BCUT2D eigenvalue weighted by atomic mass is 32.1. The zero-order chi connectivity index (χ0) is 23.8. The van der Waals surface area contributed by atoms with Gasteiger partial charge in [-0.2, -0.15) is 0 Å². The lowest BCUT2D eigenvalue weighted by molar-refractivity contribution is -0.384. The summed E-state index contributed by atoms with van der Waals surface area (Å²) < 4.78 is 5.29. The number of thiophene rings is 1. The minimum atomic E-state index is -0.668. The van der Waals surface area contributed by atoms with Gasteiger partial charge in [0.25, 0.3) is 5.69 Å². The fourth-order valence-corrected chi connectivity index (χ4v) is 5.49. The van der Waals surface area contributed by atoms with E-state index < -0.39 is 29.0 Å². The van der Waals surface area contributed by atoms with E-state index in [0.29, 0.717) is 5.56 Å². The Morgan fingerprint density at radius 3 is 2.47 bits per heavy atom. The Morgan fingerprint density at radius 1 is 1.09 bits per heavy atom. The van der Waals surface area contributed by atoms with Crippen LogP contribution in [0.1, 0.15) is 35.0 Å². The summed E-state index contributed by atoms with van der Waals surface area (Å²) in [7, 11) is 0. The molecule has 2 aromatic carbocycles. The molecular weight excluding hydrogens is 454 g/mol. The summed E-state index contributed by atoms with van der Waals surface area (Å²) in [6.45, 7) is 2.03. The average Bonchev–Trinajstić information content (AvgIpc) is 3.58. The molecule has 4 atom stereocenters. The molecule has 2 amide bonds. The highest BCUT2D eigenvalue weighted by Crippen LogP contribution is 2.44. The molecule has 2 aliphatic rings. The maximum absolute atomic E-state index is 14.0. The Labute approximate surface area is 199 Å². The van der Waals surface area contributed by atoms with Gasteiger partial charge < -0.3 is 4.74 Å². The minimum absolute atomic E-state index is 0.0348. The predicted molar refractivity (Wildman–Crippen MR) is 127 cm³/mol. The first-order valence-electron chi connectivity index (χ1n) is 10.9. The number of imide groups is 1. The topological polar surface area (TPSA) is 102 Å². The van der Waals surface area contributed by atoms with E-state index in [1.54, 1.807) is 12.1 Å². The van der Waals surface area contributed by atoms with Crippen molar-refractivity contribution < 1.29 is 19.2 Å². The Balaban J connectivity index is 1.54. The molecule has 8 nitrogen and oxygen atoms in total. The minimum Gasteiger partial charge on any atom is -0.446 e. The van der Waals surface area contributed by atoms with E-state index in [-0.39, 0.29) is 24.1 Å². The number of nitro groups is 1. The van der Waals surface area contributed by atoms with Crippen LogP contribution < -0.4 is 0 Å². The number of cyclic esters (lactones) is 1. The number of nitro benzene ring substituents is 1. The molecule has 0 N–H and O–H groups in total. The van der Waals surface area contributed by atoms with Crippen molar-refractivity contribution in [2.75, 3.05) is 6.61 Å². The van der Waals surface area contributed by atoms with E-state index in [0.717, 1.165) is 16.2 Å². The van der Waals surface area contributed by atoms with Crippen molar-refractivity contribution >= 4 is 34.7 Å². The second kappa shape index (κ2) is 8.83. The van der Waals surface area contributed by atoms with E-state index in [1.165, 1.54) is 28.4 Å². The van der Waals surface area contributed by atoms with Crippen LogP contribution in [0.2, 0.25) is 0 Å². The summed E-state index contributed by atoms with van der Waals surface area (Å²) in [4.78, 5) is 44.4. The van der Waals surface area contributed by atoms with Crippen molar-refractivity contribution in [1.29, 1.82) is 0 Å². The van der Waals surface area contributed by atoms with Crippen LogP contribution in [0.3, 0.4) is 0 Å². The number of amides is 2. The molecule has 9 heteroatoms. The molecule has 1 fully saturated rings. The summed E-state index contributed by atoms with van der Waals surface area (Å²) in [6.07, 6.45) is -0.668. The van der Waals surface area contributed by atoms with Gasteiger partial charge in [0.1, 0.15) is 12.6 Å². The SMILES string of the molecule is C[C@@H]1C(c2cccs2)=N[C@@H](c2ccc([N+](=O)[O-])cc2)[C@H]1C(=O)N1C(=O)OC[C@@H]1c1ccccc1. The number of non-ortho nitro benzene ring substituents is 1. The molecule has 0 bridgehead atoms. The highest BCUT2D eigenvalue weighted by molar-refractivity contribution is 7.12. The van der Waals surface area contributed by atoms with Gasteiger partial charge in [-0.1, -0.05) is 55.5 Å². The maximum atomic E-state index is 14.0. The summed E-state index contributed by atoms with van der Waals surface area (Å²) in [5.74, 6) is -1.28. The van der Waals surface area contributed by atoms with Gasteiger partial charge in [0, 0.05) is 22.9 Å². The Morgan fingerprint density at radius 2 is 1.82 bits per heavy atom. The average molecular weight is 476 g/mol. The molecule has 3 aromatic rings. The van der Waals surface area contributed by atoms with Gasteiger partial charge >= 0.3 is 6.09 Å². The maximum Gasteiger partial charge on any atom is 0.417 e. The third-order valence-electron chi connectivity index (χ3n) is 6.39. The summed E-state index contributed by atoms with van der Waals surface area (Å²) >= 11 is 1.53. The normalized spacial score (nSPS) is 24.1. The van der Waals surface area contributed by atoms with Gasteiger partial charge in [0.05, 0.1) is 22.6 Å². The van der Waals surface area contributed by atoms with Gasteiger partial charge in [0.15, 0.2) is 0 Å². The zero-order valence-electron chi connectivity index (χ0n) is 18.2. The largest absolute Gasteiger partial charge is 0.446 e. The number of carbonyl (C=O) groups is 2. The van der Waals surface area contributed by atoms with Gasteiger partial charge in [-0.05, 0) is 22.6 Å². The molecule has 34 heavy (non-hydrogen) atoms. The molecule has 2 aliphatic heterocycles. The zero-order valence-corrected chi connectivity index (χ0v) is 19.1. The smallest absolute Gasteiger partial charge is 0.417 e. The lowest BCUT2D eigenvalue weighted by Crippen LogP contribution is -2.42. The second-order valence-corrected chi connectivity index (χ2v) is 9.26. The Bertz CT molecular complexity index is 1260. The van der Waals surface area contributed by atoms with Crippen molar-refractivity contribution in [3.63, 3.8) is 0 Å². The van der Waals surface area contributed by atoms with Crippen LogP contribution in [0.15, 0.2) is 77.1 Å². The van der Waals surface area contributed by atoms with Crippen molar-refractivity contribution in [3.05, 3.63) is 98.2 Å². The number of nitrogens with zero attached hydrogens (tertiary/aromatic N) is 3. The van der Waals surface area contributed by atoms with Crippen molar-refractivity contribution in [2.24, 2.45) is 16.8 Å². The van der Waals surface area contributed by atoms with Gasteiger partial charge in [-0.25, -0.2) is 9.69 Å². The number of rotatable bonds is 5. The van der Waals surface area contributed by atoms with E-state index >= 15 is 0 Å². The van der Waals surface area contributed by atoms with Crippen LogP contribution in [0.25, 0.3) is 0 Å². The molecular formula is C25H21N3O5S. The van der Waals surface area contributed by atoms with Crippen LogP contribution in [0.5, 0.6) is 0 Å². The molecule has 0 unspecified atom stereocenters. The van der Waals surface area contributed by atoms with Crippen LogP contribution in [-0.2, 0) is 9.53 Å². The van der Waals surface area contributed by atoms with Crippen LogP contribution in [0.4, 0.5) is 10.5 Å². The van der Waals surface area contributed by atoms with Crippen molar-refractivity contribution in [1.82, 2.24) is 4.90 Å². The second-order valence-electron chi connectivity index (χ2n) is 8.31. The molecule has 0 saturated carbocycles. The van der Waals surface area contributed by atoms with Crippen LogP contribution in [-0.4, -0.2) is 34.1 Å². The summed E-state index contributed by atoms with van der Waals surface area (Å²) in [5, 5.41) is 13.1. The van der Waals surface area contributed by atoms with Crippen molar-refractivity contribution in [3.8, 4) is 0 Å². The van der Waals surface area contributed by atoms with Crippen LogP contribution in [0, 0.1) is 22.0 Å². The van der Waals surface area contributed by atoms with E-state index in [9.17, 15) is 19.7 Å². The standard InChI is InChI=1S/C25H21N3O5S/c1-15-21(24(29)27-19(14-33-25(27)30)16-6-3-2-4-7-16)23(26-22(15)20-8-5-13-34-20)17-9-11-18(12-10-17)28(31)32/h2-13,15,19,21,23H,14H2,1H3/t15-,19+,21-,23-/m0/s1. The monoisotopic (exact) mass is 475 g/mol. The molecule has 1 aromatic heterocycles. The molecule has 0 aliphatic carbocycles. The molecule has 0 spiro atoms. The number of aliphatic imine (C=N–C) groups is 1. The summed E-state index contributed by atoms with van der Waals surface area (Å²) in [5.41, 5.74) is 2.26. The van der Waals surface area contributed by atoms with E-state index in [1.807, 2.05) is 54.8 Å². The Hall–Kier alpha value is -3.85. The van der Waals surface area contributed by atoms with E-state index in [2.05, 4.69) is 0 Å². The fraction of sp³-hybridized carbons (Fsp3) is 0.240. The van der Waals surface area contributed by atoms with Gasteiger partial charge in [-0.15, -0.1) is 11.3 Å². The van der Waals surface area contributed by atoms with E-state index in [4.69, 9.17) is 9.73 Å². The molecule has 3 heterocycles. The lowest BCUT2D eigenvalue weighted by Gasteiger charge is -2.28. The number of hydrogen-bond acceptors (Lipinski definition) is 7. The number of hydrogen-bond donors (Lipinski definition) is 0. The number of ether oxygens (including phenoxy) is 1. The first-order valence-corrected chi connectivity index (χ1v) is 11.7. The van der Waals surface area contributed by atoms with Crippen molar-refractivity contribution in [2.45, 2.75) is 19.0 Å². The molecule has 1 saturated heterocycles. The summed E-state index contributed by atoms with van der Waals surface area (Å²) in [6, 6.07) is 18.2. The number of benzene rings is 2. The lowest BCUT2D eigenvalue weighted by atomic mass is 9.83. The molecule has 172 valence electrons. The van der Waals surface area contributed by atoms with Gasteiger partial charge in [0.2, 0.25) is 5.91 Å². The first-order chi connectivity index (χ1) is 16.5. The fourth-order valence-electron chi connectivity index (χ4n) is 4.67. The predicted octanol–water partition coefficient (Wildman–Crippen LogP) is 5.17. The number of carbonyl (C=O) groups excluding carboxylic acids is 2. The third kappa shape index (κ3) is 3.77. The highest BCUT2D eigenvalue weighted by Gasteiger charge is 2.49. The molecule has 0 radical (unpaired) electrons. The van der Waals surface area contributed by atoms with Gasteiger partial charge in [-0.3, -0.25) is 19.9 Å². The Kier molecular flexibility index (Phi) is 5.70. The van der Waals surface area contributed by atoms with Crippen LogP contribution >= 0.6 is 11.3 Å².